The molecule has 0 saturated heterocycles. The van der Waals surface area contributed by atoms with Crippen LogP contribution in [0.4, 0.5) is 5.69 Å². The molecule has 4 heteroatoms. The molecule has 0 radical (unpaired) electrons. The molecule has 0 fully saturated rings. The SMILES string of the molecule is CC.O=CC1Nc2ccccc2OC1=O. The average Bonchev–Trinajstić information content (AvgIpc) is 2.31. The fraction of sp³-hybridized carbons (Fsp3) is 0.273. The van der Waals surface area contributed by atoms with Crippen molar-refractivity contribution < 1.29 is 14.3 Å². The van der Waals surface area contributed by atoms with Gasteiger partial charge >= 0.3 is 5.97 Å². The number of nitrogens with one attached hydrogen (secondary N) is 1. The third-order valence-corrected chi connectivity index (χ3v) is 1.80. The normalized spacial score (nSPS) is 17.5. The lowest BCUT2D eigenvalue weighted by atomic mass is 10.2. The Bertz CT molecular complexity index is 363. The molecule has 4 nitrogen and oxygen atoms in total. The van der Waals surface area contributed by atoms with Crippen molar-refractivity contribution in [3.05, 3.63) is 24.3 Å². The maximum absolute atomic E-state index is 11.1. The fourth-order valence-electron chi connectivity index (χ4n) is 1.16. The molecule has 2 rings (SSSR count). The van der Waals surface area contributed by atoms with Gasteiger partial charge in [0.2, 0.25) is 0 Å². The van der Waals surface area contributed by atoms with Crippen LogP contribution in [0.2, 0.25) is 0 Å². The van der Waals surface area contributed by atoms with Crippen molar-refractivity contribution in [2.24, 2.45) is 0 Å². The zero-order valence-electron chi connectivity index (χ0n) is 8.69. The molecular weight excluding hydrogens is 194 g/mol. The number of aldehydes is 1. The second-order valence-electron chi connectivity index (χ2n) is 2.68. The highest BCUT2D eigenvalue weighted by Gasteiger charge is 2.26. The Hall–Kier alpha value is -1.84. The van der Waals surface area contributed by atoms with E-state index < -0.39 is 12.0 Å². The molecule has 1 aromatic carbocycles. The monoisotopic (exact) mass is 207 g/mol. The lowest BCUT2D eigenvalue weighted by Gasteiger charge is -2.21. The molecule has 80 valence electrons. The van der Waals surface area contributed by atoms with Crippen molar-refractivity contribution in [2.45, 2.75) is 19.9 Å². The Morgan fingerprint density at radius 3 is 2.67 bits per heavy atom. The molecule has 0 bridgehead atoms. The number of ether oxygens (including phenoxy) is 1. The predicted molar refractivity (Wildman–Crippen MR) is 56.9 cm³/mol. The molecule has 0 amide bonds. The minimum atomic E-state index is -0.880. The van der Waals surface area contributed by atoms with Crippen molar-refractivity contribution in [3.63, 3.8) is 0 Å². The van der Waals surface area contributed by atoms with E-state index in [9.17, 15) is 9.59 Å². The van der Waals surface area contributed by atoms with Gasteiger partial charge < -0.3 is 14.8 Å². The second kappa shape index (κ2) is 5.14. The van der Waals surface area contributed by atoms with E-state index in [2.05, 4.69) is 5.32 Å². The minimum absolute atomic E-state index is 0.464. The topological polar surface area (TPSA) is 55.4 Å². The fourth-order valence-corrected chi connectivity index (χ4v) is 1.16. The van der Waals surface area contributed by atoms with Crippen LogP contribution >= 0.6 is 0 Å². The summed E-state index contributed by atoms with van der Waals surface area (Å²) >= 11 is 0. The van der Waals surface area contributed by atoms with E-state index in [4.69, 9.17) is 4.74 Å². The lowest BCUT2D eigenvalue weighted by Crippen LogP contribution is -2.38. The summed E-state index contributed by atoms with van der Waals surface area (Å²) in [5, 5.41) is 2.75. The first-order chi connectivity index (χ1) is 7.31. The molecule has 0 aromatic heterocycles. The number of carbonyl (C=O) groups excluding carboxylic acids is 2. The van der Waals surface area contributed by atoms with Crippen molar-refractivity contribution >= 4 is 17.9 Å². The summed E-state index contributed by atoms with van der Waals surface area (Å²) < 4.78 is 4.90. The largest absolute Gasteiger partial charge is 0.422 e. The van der Waals surface area contributed by atoms with Crippen LogP contribution in [0.25, 0.3) is 0 Å². The van der Waals surface area contributed by atoms with Crippen molar-refractivity contribution in [2.75, 3.05) is 5.32 Å². The maximum Gasteiger partial charge on any atom is 0.341 e. The van der Waals surface area contributed by atoms with E-state index in [-0.39, 0.29) is 0 Å². The maximum atomic E-state index is 11.1. The van der Waals surface area contributed by atoms with Crippen LogP contribution in [0.3, 0.4) is 0 Å². The molecule has 15 heavy (non-hydrogen) atoms. The Labute approximate surface area is 88.2 Å². The zero-order chi connectivity index (χ0) is 11.3. The number of esters is 1. The number of hydrogen-bond donors (Lipinski definition) is 1. The summed E-state index contributed by atoms with van der Waals surface area (Å²) in [6, 6.07) is 6.09. The Kier molecular flexibility index (Phi) is 3.85. The van der Waals surface area contributed by atoms with Crippen LogP contribution in [0.15, 0.2) is 24.3 Å². The molecule has 0 spiro atoms. The van der Waals surface area contributed by atoms with Gasteiger partial charge in [0.15, 0.2) is 18.1 Å². The van der Waals surface area contributed by atoms with Crippen LogP contribution in [0, 0.1) is 0 Å². The van der Waals surface area contributed by atoms with Crippen LogP contribution in [0.5, 0.6) is 5.75 Å². The molecular formula is C11H13NO3. The van der Waals surface area contributed by atoms with Gasteiger partial charge in [-0.1, -0.05) is 26.0 Å². The van der Waals surface area contributed by atoms with Crippen LogP contribution in [0.1, 0.15) is 13.8 Å². The van der Waals surface area contributed by atoms with Crippen LogP contribution in [-0.2, 0) is 9.59 Å². The molecule has 1 aliphatic heterocycles. The van der Waals surface area contributed by atoms with Gasteiger partial charge in [0.1, 0.15) is 0 Å². The van der Waals surface area contributed by atoms with Gasteiger partial charge in [-0.05, 0) is 12.1 Å². The van der Waals surface area contributed by atoms with E-state index >= 15 is 0 Å². The van der Waals surface area contributed by atoms with Crippen LogP contribution < -0.4 is 10.1 Å². The summed E-state index contributed by atoms with van der Waals surface area (Å²) in [5.41, 5.74) is 0.666. The predicted octanol–water partition coefficient (Wildman–Crippen LogP) is 1.61. The van der Waals surface area contributed by atoms with Crippen molar-refractivity contribution in [1.82, 2.24) is 0 Å². The summed E-state index contributed by atoms with van der Waals surface area (Å²) in [6.07, 6.45) is 0.526. The van der Waals surface area contributed by atoms with E-state index in [1.165, 1.54) is 0 Å². The van der Waals surface area contributed by atoms with Crippen LogP contribution in [-0.4, -0.2) is 18.3 Å². The standard InChI is InChI=1S/C9H7NO3.C2H6/c11-5-7-9(12)13-8-4-2-1-3-6(8)10-7;1-2/h1-5,7,10H;1-2H3. The number of fused-ring (bicyclic) bond motifs is 1. The van der Waals surface area contributed by atoms with Crippen molar-refractivity contribution in [1.29, 1.82) is 0 Å². The quantitative estimate of drug-likeness (QED) is 0.329. The lowest BCUT2D eigenvalue weighted by molar-refractivity contribution is -0.137. The van der Waals surface area contributed by atoms with Gasteiger partial charge in [-0.3, -0.25) is 0 Å². The first kappa shape index (κ1) is 11.2. The number of hydrogen-bond acceptors (Lipinski definition) is 4. The van der Waals surface area contributed by atoms with E-state index in [1.54, 1.807) is 24.3 Å². The summed E-state index contributed by atoms with van der Waals surface area (Å²) in [4.78, 5) is 21.5. The number of anilines is 1. The Morgan fingerprint density at radius 1 is 1.33 bits per heavy atom. The van der Waals surface area contributed by atoms with Gasteiger partial charge in [-0.25, -0.2) is 4.79 Å². The number of carbonyl (C=O) groups is 2. The summed E-state index contributed by atoms with van der Waals surface area (Å²) in [5.74, 6) is -0.0979. The number of para-hydroxylation sites is 2. The summed E-state index contributed by atoms with van der Waals surface area (Å²) in [7, 11) is 0. The molecule has 1 aliphatic rings. The third kappa shape index (κ3) is 2.34. The molecule has 1 N–H and O–H groups in total. The zero-order valence-corrected chi connectivity index (χ0v) is 8.69. The first-order valence-corrected chi connectivity index (χ1v) is 4.84. The second-order valence-corrected chi connectivity index (χ2v) is 2.68. The smallest absolute Gasteiger partial charge is 0.341 e. The van der Waals surface area contributed by atoms with E-state index in [1.807, 2.05) is 13.8 Å². The van der Waals surface area contributed by atoms with Gasteiger partial charge in [0.05, 0.1) is 5.69 Å². The molecule has 1 aromatic rings. The third-order valence-electron chi connectivity index (χ3n) is 1.80. The Balaban J connectivity index is 0.000000531. The average molecular weight is 207 g/mol. The van der Waals surface area contributed by atoms with Gasteiger partial charge in [0.25, 0.3) is 0 Å². The van der Waals surface area contributed by atoms with Crippen molar-refractivity contribution in [3.8, 4) is 5.75 Å². The van der Waals surface area contributed by atoms with E-state index in [0.717, 1.165) is 0 Å². The number of benzene rings is 1. The molecule has 1 unspecified atom stereocenters. The number of rotatable bonds is 1. The summed E-state index contributed by atoms with van der Waals surface area (Å²) in [6.45, 7) is 4.00. The molecule has 0 aliphatic carbocycles. The highest BCUT2D eigenvalue weighted by Crippen LogP contribution is 2.27. The van der Waals surface area contributed by atoms with Gasteiger partial charge in [0, 0.05) is 0 Å². The molecule has 0 saturated carbocycles. The molecule has 1 heterocycles. The molecule has 1 atom stereocenters. The van der Waals surface area contributed by atoms with E-state index in [0.29, 0.717) is 17.7 Å². The van der Waals surface area contributed by atoms with Gasteiger partial charge in [-0.2, -0.15) is 0 Å². The highest BCUT2D eigenvalue weighted by atomic mass is 16.5. The van der Waals surface area contributed by atoms with Gasteiger partial charge in [-0.15, -0.1) is 0 Å². The Morgan fingerprint density at radius 2 is 2.00 bits per heavy atom. The first-order valence-electron chi connectivity index (χ1n) is 4.84. The minimum Gasteiger partial charge on any atom is -0.422 e. The highest BCUT2D eigenvalue weighted by molar-refractivity contribution is 5.99.